The molecule has 3 heterocycles. The van der Waals surface area contributed by atoms with Crippen molar-refractivity contribution in [1.82, 2.24) is 15.0 Å². The van der Waals surface area contributed by atoms with Gasteiger partial charge in [-0.3, -0.25) is 14.7 Å². The Hall–Kier alpha value is -3.26. The fraction of sp³-hybridized carbons (Fsp3) is 0.0526. The molecule has 5 nitrogen and oxygen atoms in total. The van der Waals surface area contributed by atoms with Gasteiger partial charge in [0.1, 0.15) is 11.5 Å². The maximum absolute atomic E-state index is 14.0. The lowest BCUT2D eigenvalue weighted by Gasteiger charge is -2.18. The quantitative estimate of drug-likeness (QED) is 0.483. The normalized spacial score (nSPS) is 10.9. The van der Waals surface area contributed by atoms with E-state index in [2.05, 4.69) is 21.0 Å². The number of aromatic nitrogens is 3. The summed E-state index contributed by atoms with van der Waals surface area (Å²) < 4.78 is 29.0. The Morgan fingerprint density at radius 1 is 1.07 bits per heavy atom. The molecule has 0 aliphatic rings. The second kappa shape index (κ2) is 6.81. The molecule has 0 atom stereocenters. The van der Waals surface area contributed by atoms with Gasteiger partial charge in [0.2, 0.25) is 6.41 Å². The molecule has 0 aliphatic carbocycles. The van der Waals surface area contributed by atoms with E-state index < -0.39 is 17.3 Å². The van der Waals surface area contributed by atoms with Crippen LogP contribution in [0.5, 0.6) is 0 Å². The maximum Gasteiger partial charge on any atom is 0.220 e. The number of amides is 1. The summed E-state index contributed by atoms with van der Waals surface area (Å²) in [6, 6.07) is 7.30. The average Bonchev–Trinajstić information content (AvgIpc) is 3.12. The van der Waals surface area contributed by atoms with E-state index in [0.29, 0.717) is 6.41 Å². The average molecular weight is 382 g/mol. The molecule has 4 rings (SSSR count). The van der Waals surface area contributed by atoms with Crippen LogP contribution in [0, 0.1) is 18.6 Å². The van der Waals surface area contributed by atoms with Crippen molar-refractivity contribution >= 4 is 39.5 Å². The van der Waals surface area contributed by atoms with E-state index in [-0.39, 0.29) is 5.82 Å². The molecule has 8 heteroatoms. The van der Waals surface area contributed by atoms with E-state index in [1.54, 1.807) is 29.1 Å². The van der Waals surface area contributed by atoms with Crippen LogP contribution in [0.25, 0.3) is 21.3 Å². The van der Waals surface area contributed by atoms with Crippen molar-refractivity contribution in [1.29, 1.82) is 0 Å². The van der Waals surface area contributed by atoms with Gasteiger partial charge in [-0.15, -0.1) is 11.3 Å². The number of hydrogen-bond donors (Lipinski definition) is 0. The predicted molar refractivity (Wildman–Crippen MR) is 99.9 cm³/mol. The Bertz CT molecular complexity index is 1120. The molecule has 27 heavy (non-hydrogen) atoms. The third-order valence-corrected chi connectivity index (χ3v) is 4.95. The largest absolute Gasteiger partial charge is 0.278 e. The summed E-state index contributed by atoms with van der Waals surface area (Å²) in [4.78, 5) is 24.2. The van der Waals surface area contributed by atoms with Crippen molar-refractivity contribution < 1.29 is 13.6 Å². The maximum atomic E-state index is 14.0. The first-order valence-electron chi connectivity index (χ1n) is 7.92. The minimum Gasteiger partial charge on any atom is -0.278 e. The van der Waals surface area contributed by atoms with E-state index in [9.17, 15) is 13.6 Å². The van der Waals surface area contributed by atoms with Gasteiger partial charge in [-0.1, -0.05) is 0 Å². The second-order valence-corrected chi connectivity index (χ2v) is 6.71. The van der Waals surface area contributed by atoms with Gasteiger partial charge in [0, 0.05) is 11.8 Å². The van der Waals surface area contributed by atoms with Crippen molar-refractivity contribution in [3.63, 3.8) is 0 Å². The molecule has 134 valence electrons. The van der Waals surface area contributed by atoms with E-state index in [1.165, 1.54) is 6.07 Å². The highest BCUT2D eigenvalue weighted by molar-refractivity contribution is 7.16. The third kappa shape index (κ3) is 3.04. The van der Waals surface area contributed by atoms with E-state index in [0.717, 1.165) is 44.2 Å². The van der Waals surface area contributed by atoms with Crippen LogP contribution in [0.4, 0.5) is 20.3 Å². The monoisotopic (exact) mass is 382 g/mol. The smallest absolute Gasteiger partial charge is 0.220 e. The summed E-state index contributed by atoms with van der Waals surface area (Å²) in [5.74, 6) is -1.79. The molecule has 0 aliphatic heterocycles. The second-order valence-electron chi connectivity index (χ2n) is 5.82. The summed E-state index contributed by atoms with van der Waals surface area (Å²) in [5.41, 5.74) is 4.98. The summed E-state index contributed by atoms with van der Waals surface area (Å²) in [7, 11) is 0. The number of benzene rings is 1. The third-order valence-electron chi connectivity index (χ3n) is 4.16. The number of hydrogen-bond acceptors (Lipinski definition) is 5. The number of carbonyl (C=O) groups excluding carboxylic acids is 1. The summed E-state index contributed by atoms with van der Waals surface area (Å²) in [5, 5.41) is 0. The zero-order chi connectivity index (χ0) is 19.0. The van der Waals surface area contributed by atoms with Crippen molar-refractivity contribution in [3.05, 3.63) is 65.6 Å². The molecular formula is C19H12F2N4OS. The SMILES string of the molecule is Cc1cc2scnc2cc1-c1ccc(N(C=O)c2c(F)cncc2F)nc1. The zero-order valence-corrected chi connectivity index (χ0v) is 14.9. The van der Waals surface area contributed by atoms with Crippen LogP contribution in [-0.2, 0) is 4.79 Å². The predicted octanol–water partition coefficient (Wildman–Crippen LogP) is 4.63. The van der Waals surface area contributed by atoms with Gasteiger partial charge in [0.05, 0.1) is 28.1 Å². The van der Waals surface area contributed by atoms with Crippen LogP contribution >= 0.6 is 11.3 Å². The van der Waals surface area contributed by atoms with Gasteiger partial charge in [-0.2, -0.15) is 0 Å². The molecule has 0 unspecified atom stereocenters. The molecule has 1 aromatic carbocycles. The van der Waals surface area contributed by atoms with Crippen molar-refractivity contribution in [2.24, 2.45) is 0 Å². The molecule has 4 aromatic rings. The number of halogens is 2. The highest BCUT2D eigenvalue weighted by Gasteiger charge is 2.19. The number of thiazole rings is 1. The van der Waals surface area contributed by atoms with Crippen LogP contribution in [0.3, 0.4) is 0 Å². The molecule has 0 bridgehead atoms. The van der Waals surface area contributed by atoms with Crippen LogP contribution < -0.4 is 4.90 Å². The molecule has 0 radical (unpaired) electrons. The Morgan fingerprint density at radius 2 is 1.85 bits per heavy atom. The number of carbonyl (C=O) groups is 1. The number of rotatable bonds is 4. The Kier molecular flexibility index (Phi) is 4.33. The lowest BCUT2D eigenvalue weighted by atomic mass is 10.0. The minimum atomic E-state index is -0.946. The van der Waals surface area contributed by atoms with Crippen molar-refractivity contribution in [2.75, 3.05) is 4.90 Å². The number of nitrogens with zero attached hydrogens (tertiary/aromatic N) is 4. The highest BCUT2D eigenvalue weighted by atomic mass is 32.1. The van der Waals surface area contributed by atoms with Gasteiger partial charge in [-0.05, 0) is 42.3 Å². The summed E-state index contributed by atoms with van der Waals surface area (Å²) >= 11 is 1.57. The Morgan fingerprint density at radius 3 is 2.52 bits per heavy atom. The van der Waals surface area contributed by atoms with Crippen molar-refractivity contribution in [2.45, 2.75) is 6.92 Å². The van der Waals surface area contributed by atoms with E-state index >= 15 is 0 Å². The summed E-state index contributed by atoms with van der Waals surface area (Å²) in [6.45, 7) is 1.99. The first kappa shape index (κ1) is 17.2. The lowest BCUT2D eigenvalue weighted by Crippen LogP contribution is -2.18. The van der Waals surface area contributed by atoms with Crippen LogP contribution in [0.15, 0.2) is 48.4 Å². The first-order chi connectivity index (χ1) is 13.1. The van der Waals surface area contributed by atoms with Crippen molar-refractivity contribution in [3.8, 4) is 11.1 Å². The summed E-state index contributed by atoms with van der Waals surface area (Å²) in [6.07, 6.45) is 3.56. The number of anilines is 2. The van der Waals surface area contributed by atoms with Gasteiger partial charge in [-0.25, -0.2) is 18.7 Å². The molecule has 0 spiro atoms. The standard InChI is InChI=1S/C19H12F2N4OS/c1-11-4-17-16(24-9-27-17)5-13(11)12-2-3-18(23-6-12)25(10-26)19-14(20)7-22-8-15(19)21/h2-10H,1H3. The molecule has 0 N–H and O–H groups in total. The van der Waals surface area contributed by atoms with Crippen LogP contribution in [0.1, 0.15) is 5.56 Å². The molecule has 0 fully saturated rings. The Labute approximate surface area is 157 Å². The van der Waals surface area contributed by atoms with Gasteiger partial charge < -0.3 is 0 Å². The molecular weight excluding hydrogens is 370 g/mol. The van der Waals surface area contributed by atoms with Gasteiger partial charge in [0.15, 0.2) is 11.6 Å². The lowest BCUT2D eigenvalue weighted by molar-refractivity contribution is -0.106. The topological polar surface area (TPSA) is 59.0 Å². The number of aryl methyl sites for hydroxylation is 1. The van der Waals surface area contributed by atoms with Crippen LogP contribution in [-0.4, -0.2) is 21.4 Å². The fourth-order valence-corrected chi connectivity index (χ4v) is 3.62. The van der Waals surface area contributed by atoms with Gasteiger partial charge >= 0.3 is 0 Å². The molecule has 0 saturated heterocycles. The highest BCUT2D eigenvalue weighted by Crippen LogP contribution is 2.32. The number of pyridine rings is 2. The van der Waals surface area contributed by atoms with Gasteiger partial charge in [0.25, 0.3) is 0 Å². The Balaban J connectivity index is 1.74. The number of fused-ring (bicyclic) bond motifs is 1. The minimum absolute atomic E-state index is 0.102. The van der Waals surface area contributed by atoms with E-state index in [1.807, 2.05) is 13.0 Å². The molecule has 3 aromatic heterocycles. The fourth-order valence-electron chi connectivity index (χ4n) is 2.86. The van der Waals surface area contributed by atoms with E-state index in [4.69, 9.17) is 0 Å². The first-order valence-corrected chi connectivity index (χ1v) is 8.80. The molecule has 1 amide bonds. The molecule has 0 saturated carbocycles. The van der Waals surface area contributed by atoms with Crippen LogP contribution in [0.2, 0.25) is 0 Å². The zero-order valence-electron chi connectivity index (χ0n) is 14.1.